The van der Waals surface area contributed by atoms with Crippen LogP contribution in [0.5, 0.6) is 11.6 Å². The number of ether oxygens (including phenoxy) is 2. The Morgan fingerprint density at radius 1 is 1.06 bits per heavy atom. The lowest BCUT2D eigenvalue weighted by Gasteiger charge is -2.11. The molecule has 1 aliphatic heterocycles. The maximum atomic E-state index is 13.3. The monoisotopic (exact) mass is 456 g/mol. The summed E-state index contributed by atoms with van der Waals surface area (Å²) < 4.78 is 12.5. The maximum Gasteiger partial charge on any atom is 0.262 e. The van der Waals surface area contributed by atoms with E-state index in [0.29, 0.717) is 41.8 Å². The van der Waals surface area contributed by atoms with Crippen molar-refractivity contribution >= 4 is 11.7 Å². The maximum absolute atomic E-state index is 13.3. The van der Waals surface area contributed by atoms with Gasteiger partial charge in [-0.15, -0.1) is 0 Å². The molecule has 5 heterocycles. The van der Waals surface area contributed by atoms with Crippen molar-refractivity contribution in [2.24, 2.45) is 0 Å². The molecule has 0 radical (unpaired) electrons. The van der Waals surface area contributed by atoms with Gasteiger partial charge < -0.3 is 9.47 Å². The number of fused-ring (bicyclic) bond motifs is 1. The molecule has 0 aliphatic carbocycles. The van der Waals surface area contributed by atoms with Crippen LogP contribution in [0.3, 0.4) is 0 Å². The van der Waals surface area contributed by atoms with Crippen molar-refractivity contribution < 1.29 is 14.3 Å². The second-order valence-corrected chi connectivity index (χ2v) is 8.10. The van der Waals surface area contributed by atoms with Gasteiger partial charge in [0.15, 0.2) is 11.6 Å². The number of amides is 1. The molecule has 0 spiro atoms. The first-order chi connectivity index (χ1) is 16.5. The molecule has 172 valence electrons. The molecular formula is C25H24N6O3. The zero-order valence-electron chi connectivity index (χ0n) is 19.4. The number of aromatic nitrogens is 5. The first kappa shape index (κ1) is 21.6. The third-order valence-corrected chi connectivity index (χ3v) is 5.87. The van der Waals surface area contributed by atoms with Crippen LogP contribution in [0, 0.1) is 13.8 Å². The van der Waals surface area contributed by atoms with E-state index in [1.165, 1.54) is 0 Å². The highest BCUT2D eigenvalue weighted by Gasteiger charge is 2.33. The van der Waals surface area contributed by atoms with Crippen LogP contribution in [0.15, 0.2) is 48.8 Å². The van der Waals surface area contributed by atoms with E-state index in [0.717, 1.165) is 28.2 Å². The number of anilines is 1. The van der Waals surface area contributed by atoms with E-state index in [1.54, 1.807) is 31.5 Å². The van der Waals surface area contributed by atoms with Crippen molar-refractivity contribution in [1.29, 1.82) is 0 Å². The Kier molecular flexibility index (Phi) is 5.45. The van der Waals surface area contributed by atoms with Crippen molar-refractivity contribution in [3.63, 3.8) is 0 Å². The van der Waals surface area contributed by atoms with Gasteiger partial charge in [-0.3, -0.25) is 24.3 Å². The quantitative estimate of drug-likeness (QED) is 0.438. The normalized spacial score (nSPS) is 12.7. The van der Waals surface area contributed by atoms with E-state index >= 15 is 0 Å². The van der Waals surface area contributed by atoms with Crippen LogP contribution in [-0.2, 0) is 13.1 Å². The van der Waals surface area contributed by atoms with Crippen LogP contribution in [0.25, 0.3) is 11.3 Å². The van der Waals surface area contributed by atoms with Crippen molar-refractivity contribution in [2.45, 2.75) is 26.9 Å². The minimum Gasteiger partial charge on any atom is -0.491 e. The van der Waals surface area contributed by atoms with Gasteiger partial charge in [-0.1, -0.05) is 6.07 Å². The Morgan fingerprint density at radius 2 is 1.91 bits per heavy atom. The predicted octanol–water partition coefficient (Wildman–Crippen LogP) is 3.58. The van der Waals surface area contributed by atoms with E-state index in [4.69, 9.17) is 14.5 Å². The van der Waals surface area contributed by atoms with Crippen LogP contribution in [0.2, 0.25) is 0 Å². The van der Waals surface area contributed by atoms with E-state index in [-0.39, 0.29) is 5.91 Å². The van der Waals surface area contributed by atoms with Gasteiger partial charge in [0, 0.05) is 29.7 Å². The van der Waals surface area contributed by atoms with Gasteiger partial charge in [0.2, 0.25) is 0 Å². The predicted molar refractivity (Wildman–Crippen MR) is 126 cm³/mol. The number of rotatable bonds is 6. The van der Waals surface area contributed by atoms with E-state index in [9.17, 15) is 4.79 Å². The number of aryl methyl sites for hydroxylation is 2. The van der Waals surface area contributed by atoms with Crippen LogP contribution in [0.4, 0.5) is 5.82 Å². The van der Waals surface area contributed by atoms with Gasteiger partial charge in [-0.25, -0.2) is 4.98 Å². The third-order valence-electron chi connectivity index (χ3n) is 5.87. The number of carbonyl (C=O) groups excluding carboxylic acids is 1. The smallest absolute Gasteiger partial charge is 0.262 e. The van der Waals surface area contributed by atoms with E-state index in [1.807, 2.05) is 54.9 Å². The lowest BCUT2D eigenvalue weighted by molar-refractivity contribution is 0.0995. The number of methoxy groups -OCH3 is 2. The Labute approximate surface area is 197 Å². The average molecular weight is 457 g/mol. The molecule has 34 heavy (non-hydrogen) atoms. The fraction of sp³-hybridized carbons (Fsp3) is 0.240. The lowest BCUT2D eigenvalue weighted by Crippen LogP contribution is -2.24. The Balaban J connectivity index is 1.45. The minimum atomic E-state index is -0.0977. The fourth-order valence-electron chi connectivity index (χ4n) is 4.14. The Morgan fingerprint density at radius 3 is 2.65 bits per heavy atom. The van der Waals surface area contributed by atoms with Crippen LogP contribution in [-0.4, -0.2) is 44.9 Å². The standard InChI is InChI=1S/C25H24N6O3/c1-15-9-19(17-11-21(33-3)24(34-4)27-12-17)28-20-14-30(25(32)23(15)20)22-10-16(2)31(29-22)13-18-7-5-6-8-26-18/h5-12H,13-14H2,1-4H3. The molecule has 0 saturated heterocycles. The summed E-state index contributed by atoms with van der Waals surface area (Å²) in [5.74, 6) is 1.43. The molecule has 0 fully saturated rings. The van der Waals surface area contributed by atoms with Gasteiger partial charge in [0.1, 0.15) is 0 Å². The highest BCUT2D eigenvalue weighted by molar-refractivity contribution is 6.10. The van der Waals surface area contributed by atoms with Crippen LogP contribution >= 0.6 is 0 Å². The van der Waals surface area contributed by atoms with E-state index in [2.05, 4.69) is 15.1 Å². The molecule has 0 unspecified atom stereocenters. The highest BCUT2D eigenvalue weighted by atomic mass is 16.5. The molecule has 4 aromatic heterocycles. The van der Waals surface area contributed by atoms with Gasteiger partial charge in [0.05, 0.1) is 50.0 Å². The van der Waals surface area contributed by atoms with Gasteiger partial charge >= 0.3 is 0 Å². The van der Waals surface area contributed by atoms with Crippen molar-refractivity contribution in [2.75, 3.05) is 19.1 Å². The number of hydrogen-bond acceptors (Lipinski definition) is 7. The molecule has 0 atom stereocenters. The molecule has 9 nitrogen and oxygen atoms in total. The zero-order valence-corrected chi connectivity index (χ0v) is 19.4. The molecule has 4 aromatic rings. The SMILES string of the molecule is COc1cc(-c2cc(C)c3c(n2)CN(c2cc(C)n(Cc4ccccn4)n2)C3=O)cnc1OC. The summed E-state index contributed by atoms with van der Waals surface area (Å²) >= 11 is 0. The highest BCUT2D eigenvalue weighted by Crippen LogP contribution is 2.34. The lowest BCUT2D eigenvalue weighted by atomic mass is 10.1. The first-order valence-corrected chi connectivity index (χ1v) is 10.8. The van der Waals surface area contributed by atoms with E-state index < -0.39 is 0 Å². The minimum absolute atomic E-state index is 0.0977. The molecule has 5 rings (SSSR count). The zero-order chi connectivity index (χ0) is 23.8. The molecule has 9 heteroatoms. The second-order valence-electron chi connectivity index (χ2n) is 8.10. The third kappa shape index (κ3) is 3.75. The van der Waals surface area contributed by atoms with Gasteiger partial charge in [-0.05, 0) is 43.7 Å². The summed E-state index contributed by atoms with van der Waals surface area (Å²) in [5.41, 5.74) is 5.54. The van der Waals surface area contributed by atoms with Gasteiger partial charge in [0.25, 0.3) is 11.8 Å². The number of hydrogen-bond donors (Lipinski definition) is 0. The average Bonchev–Trinajstić information content (AvgIpc) is 3.38. The van der Waals surface area contributed by atoms with Crippen molar-refractivity contribution in [3.8, 4) is 22.9 Å². The fourth-order valence-corrected chi connectivity index (χ4v) is 4.14. The number of carbonyl (C=O) groups is 1. The molecule has 1 amide bonds. The molecule has 0 saturated carbocycles. The number of pyridine rings is 3. The summed E-state index contributed by atoms with van der Waals surface area (Å²) in [6.45, 7) is 4.78. The van der Waals surface area contributed by atoms with Crippen molar-refractivity contribution in [1.82, 2.24) is 24.7 Å². The summed E-state index contributed by atoms with van der Waals surface area (Å²) in [6, 6.07) is 11.4. The number of nitrogens with zero attached hydrogens (tertiary/aromatic N) is 6. The molecule has 0 N–H and O–H groups in total. The molecule has 0 aromatic carbocycles. The van der Waals surface area contributed by atoms with Crippen molar-refractivity contribution in [3.05, 3.63) is 77.0 Å². The second kappa shape index (κ2) is 8.58. The summed E-state index contributed by atoms with van der Waals surface area (Å²) in [4.78, 5) is 28.4. The first-order valence-electron chi connectivity index (χ1n) is 10.8. The molecule has 0 bridgehead atoms. The summed E-state index contributed by atoms with van der Waals surface area (Å²) in [7, 11) is 3.11. The summed E-state index contributed by atoms with van der Waals surface area (Å²) in [6.07, 6.45) is 3.45. The Bertz CT molecular complexity index is 1380. The molecular weight excluding hydrogens is 432 g/mol. The van der Waals surface area contributed by atoms with Crippen LogP contribution in [0.1, 0.15) is 33.0 Å². The van der Waals surface area contributed by atoms with Gasteiger partial charge in [-0.2, -0.15) is 5.10 Å². The van der Waals surface area contributed by atoms with Crippen LogP contribution < -0.4 is 14.4 Å². The molecule has 1 aliphatic rings. The topological polar surface area (TPSA) is 95.3 Å². The summed E-state index contributed by atoms with van der Waals surface area (Å²) in [5, 5.41) is 4.69. The largest absolute Gasteiger partial charge is 0.491 e. The Hall–Kier alpha value is -4.27.